The molecule has 0 bridgehead atoms. The molecule has 7 nitrogen and oxygen atoms in total. The SMILES string of the molecule is COc1cc(C(=O)N2CCC(C(=O)Nc3cc(C)on3)CC2)ccc1C. The Labute approximate surface area is 152 Å². The van der Waals surface area contributed by atoms with Crippen molar-refractivity contribution in [2.75, 3.05) is 25.5 Å². The largest absolute Gasteiger partial charge is 0.496 e. The summed E-state index contributed by atoms with van der Waals surface area (Å²) in [5.74, 6) is 1.53. The lowest BCUT2D eigenvalue weighted by Gasteiger charge is -2.31. The van der Waals surface area contributed by atoms with Crippen LogP contribution < -0.4 is 10.1 Å². The van der Waals surface area contributed by atoms with Crippen LogP contribution in [0.4, 0.5) is 5.82 Å². The summed E-state index contributed by atoms with van der Waals surface area (Å²) < 4.78 is 10.2. The zero-order chi connectivity index (χ0) is 18.7. The molecule has 1 aliphatic rings. The van der Waals surface area contributed by atoms with Crippen LogP contribution in [-0.2, 0) is 4.79 Å². The van der Waals surface area contributed by atoms with Crippen molar-refractivity contribution in [3.63, 3.8) is 0 Å². The zero-order valence-electron chi connectivity index (χ0n) is 15.2. The maximum Gasteiger partial charge on any atom is 0.253 e. The van der Waals surface area contributed by atoms with Crippen LogP contribution in [0.15, 0.2) is 28.8 Å². The lowest BCUT2D eigenvalue weighted by molar-refractivity contribution is -0.121. The minimum absolute atomic E-state index is 0.0331. The number of aryl methyl sites for hydroxylation is 2. The number of carbonyl (C=O) groups is 2. The monoisotopic (exact) mass is 357 g/mol. The van der Waals surface area contributed by atoms with Crippen molar-refractivity contribution in [1.29, 1.82) is 0 Å². The van der Waals surface area contributed by atoms with E-state index in [4.69, 9.17) is 9.26 Å². The fourth-order valence-electron chi connectivity index (χ4n) is 3.13. The molecule has 0 spiro atoms. The number of amides is 2. The lowest BCUT2D eigenvalue weighted by Crippen LogP contribution is -2.41. The minimum atomic E-state index is -0.136. The third-order valence-corrected chi connectivity index (χ3v) is 4.69. The van der Waals surface area contributed by atoms with Crippen molar-refractivity contribution < 1.29 is 18.8 Å². The molecule has 1 aromatic carbocycles. The van der Waals surface area contributed by atoms with Gasteiger partial charge in [0.1, 0.15) is 11.5 Å². The van der Waals surface area contributed by atoms with E-state index in [0.717, 1.165) is 5.56 Å². The molecule has 0 atom stereocenters. The second-order valence-electron chi connectivity index (χ2n) is 6.56. The zero-order valence-corrected chi connectivity index (χ0v) is 15.2. The number of nitrogens with one attached hydrogen (secondary N) is 1. The molecule has 1 aliphatic heterocycles. The summed E-state index contributed by atoms with van der Waals surface area (Å²) in [6.07, 6.45) is 1.24. The number of rotatable bonds is 4. The number of likely N-dealkylation sites (tertiary alicyclic amines) is 1. The highest BCUT2D eigenvalue weighted by atomic mass is 16.5. The Bertz CT molecular complexity index is 807. The van der Waals surface area contributed by atoms with E-state index < -0.39 is 0 Å². The van der Waals surface area contributed by atoms with Crippen molar-refractivity contribution in [2.24, 2.45) is 5.92 Å². The average Bonchev–Trinajstić information content (AvgIpc) is 3.06. The number of nitrogens with zero attached hydrogens (tertiary/aromatic N) is 2. The van der Waals surface area contributed by atoms with Crippen molar-refractivity contribution in [3.05, 3.63) is 41.2 Å². The van der Waals surface area contributed by atoms with Gasteiger partial charge in [0.05, 0.1) is 7.11 Å². The predicted octanol–water partition coefficient (Wildman–Crippen LogP) is 2.79. The van der Waals surface area contributed by atoms with Gasteiger partial charge in [0, 0.05) is 30.6 Å². The van der Waals surface area contributed by atoms with Gasteiger partial charge in [0.2, 0.25) is 5.91 Å². The topological polar surface area (TPSA) is 84.7 Å². The van der Waals surface area contributed by atoms with Crippen molar-refractivity contribution >= 4 is 17.6 Å². The molecule has 1 fully saturated rings. The first-order chi connectivity index (χ1) is 12.5. The number of anilines is 1. The van der Waals surface area contributed by atoms with Gasteiger partial charge in [0.25, 0.3) is 5.91 Å². The Morgan fingerprint density at radius 3 is 2.58 bits per heavy atom. The summed E-state index contributed by atoms with van der Waals surface area (Å²) in [7, 11) is 1.59. The van der Waals surface area contributed by atoms with Crippen LogP contribution in [0.3, 0.4) is 0 Å². The second-order valence-corrected chi connectivity index (χ2v) is 6.56. The molecule has 26 heavy (non-hydrogen) atoms. The number of benzene rings is 1. The van der Waals surface area contributed by atoms with Gasteiger partial charge >= 0.3 is 0 Å². The molecular formula is C19H23N3O4. The van der Waals surface area contributed by atoms with Gasteiger partial charge in [0.15, 0.2) is 5.82 Å². The van der Waals surface area contributed by atoms with Gasteiger partial charge in [-0.05, 0) is 44.4 Å². The van der Waals surface area contributed by atoms with Crippen LogP contribution in [0.2, 0.25) is 0 Å². The quantitative estimate of drug-likeness (QED) is 0.909. The number of hydrogen-bond acceptors (Lipinski definition) is 5. The summed E-state index contributed by atoms with van der Waals surface area (Å²) in [6.45, 7) is 4.80. The predicted molar refractivity (Wildman–Crippen MR) is 96.2 cm³/mol. The highest BCUT2D eigenvalue weighted by Gasteiger charge is 2.28. The standard InChI is InChI=1S/C19H23N3O4/c1-12-4-5-15(11-16(12)25-3)19(24)22-8-6-14(7-9-22)18(23)20-17-10-13(2)26-21-17/h4-5,10-11,14H,6-9H2,1-3H3,(H,20,21,23). The van der Waals surface area contributed by atoms with Crippen LogP contribution in [0.1, 0.15) is 34.5 Å². The molecule has 1 saturated heterocycles. The van der Waals surface area contributed by atoms with E-state index in [2.05, 4.69) is 10.5 Å². The van der Waals surface area contributed by atoms with E-state index in [1.54, 1.807) is 31.1 Å². The first-order valence-corrected chi connectivity index (χ1v) is 8.66. The summed E-state index contributed by atoms with van der Waals surface area (Å²) in [5.41, 5.74) is 1.59. The van der Waals surface area contributed by atoms with Gasteiger partial charge in [-0.15, -0.1) is 0 Å². The van der Waals surface area contributed by atoms with E-state index >= 15 is 0 Å². The third-order valence-electron chi connectivity index (χ3n) is 4.69. The van der Waals surface area contributed by atoms with Crippen molar-refractivity contribution in [2.45, 2.75) is 26.7 Å². The number of piperidine rings is 1. The molecule has 0 aliphatic carbocycles. The highest BCUT2D eigenvalue weighted by Crippen LogP contribution is 2.24. The fourth-order valence-corrected chi connectivity index (χ4v) is 3.13. The van der Waals surface area contributed by atoms with Crippen LogP contribution in [0, 0.1) is 19.8 Å². The Morgan fingerprint density at radius 2 is 1.96 bits per heavy atom. The first kappa shape index (κ1) is 18.0. The van der Waals surface area contributed by atoms with E-state index in [1.165, 1.54) is 0 Å². The normalized spacial score (nSPS) is 15.0. The molecule has 2 heterocycles. The molecule has 3 rings (SSSR count). The molecular weight excluding hydrogens is 334 g/mol. The lowest BCUT2D eigenvalue weighted by atomic mass is 9.95. The molecule has 1 aromatic heterocycles. The maximum absolute atomic E-state index is 12.7. The van der Waals surface area contributed by atoms with Gasteiger partial charge in [-0.25, -0.2) is 0 Å². The first-order valence-electron chi connectivity index (χ1n) is 8.66. The summed E-state index contributed by atoms with van der Waals surface area (Å²) >= 11 is 0. The Morgan fingerprint density at radius 1 is 1.23 bits per heavy atom. The maximum atomic E-state index is 12.7. The van der Waals surface area contributed by atoms with Gasteiger partial charge in [-0.3, -0.25) is 9.59 Å². The van der Waals surface area contributed by atoms with E-state index in [0.29, 0.717) is 48.8 Å². The minimum Gasteiger partial charge on any atom is -0.496 e. The summed E-state index contributed by atoms with van der Waals surface area (Å²) in [6, 6.07) is 7.14. The highest BCUT2D eigenvalue weighted by molar-refractivity contribution is 5.95. The van der Waals surface area contributed by atoms with Crippen LogP contribution >= 0.6 is 0 Å². The Balaban J connectivity index is 1.57. The van der Waals surface area contributed by atoms with Crippen LogP contribution in [0.25, 0.3) is 0 Å². The van der Waals surface area contributed by atoms with Gasteiger partial charge < -0.3 is 19.5 Å². The smallest absolute Gasteiger partial charge is 0.253 e. The van der Waals surface area contributed by atoms with E-state index in [1.807, 2.05) is 19.1 Å². The number of carbonyl (C=O) groups excluding carboxylic acids is 2. The third kappa shape index (κ3) is 3.87. The number of ether oxygens (including phenoxy) is 1. The van der Waals surface area contributed by atoms with Crippen LogP contribution in [0.5, 0.6) is 5.75 Å². The van der Waals surface area contributed by atoms with Gasteiger partial charge in [-0.1, -0.05) is 11.2 Å². The van der Waals surface area contributed by atoms with Gasteiger partial charge in [-0.2, -0.15) is 0 Å². The summed E-state index contributed by atoms with van der Waals surface area (Å²) in [5, 5.41) is 6.54. The Kier molecular flexibility index (Phi) is 5.25. The number of aromatic nitrogens is 1. The molecule has 2 amide bonds. The molecule has 0 saturated carbocycles. The Hall–Kier alpha value is -2.83. The summed E-state index contributed by atoms with van der Waals surface area (Å²) in [4.78, 5) is 26.8. The average molecular weight is 357 g/mol. The number of methoxy groups -OCH3 is 1. The second kappa shape index (κ2) is 7.59. The molecule has 0 unspecified atom stereocenters. The van der Waals surface area contributed by atoms with E-state index in [-0.39, 0.29) is 17.7 Å². The van der Waals surface area contributed by atoms with Crippen molar-refractivity contribution in [1.82, 2.24) is 10.1 Å². The van der Waals surface area contributed by atoms with Crippen LogP contribution in [-0.4, -0.2) is 42.1 Å². The van der Waals surface area contributed by atoms with E-state index in [9.17, 15) is 9.59 Å². The molecule has 7 heteroatoms. The molecule has 2 aromatic rings. The molecule has 138 valence electrons. The number of hydrogen-bond donors (Lipinski definition) is 1. The van der Waals surface area contributed by atoms with Crippen molar-refractivity contribution in [3.8, 4) is 5.75 Å². The fraction of sp³-hybridized carbons (Fsp3) is 0.421. The molecule has 0 radical (unpaired) electrons. The molecule has 1 N–H and O–H groups in total.